The Balaban J connectivity index is 1.85. The van der Waals surface area contributed by atoms with Gasteiger partial charge in [0.1, 0.15) is 4.83 Å². The van der Waals surface area contributed by atoms with E-state index < -0.39 is 0 Å². The van der Waals surface area contributed by atoms with Crippen molar-refractivity contribution in [2.45, 2.75) is 78.3 Å². The van der Waals surface area contributed by atoms with E-state index in [1.54, 1.807) is 23.1 Å². The fourth-order valence-corrected chi connectivity index (χ4v) is 6.93. The molecular weight excluding hydrogens is 420 g/mol. The van der Waals surface area contributed by atoms with Gasteiger partial charge in [-0.15, -0.1) is 11.3 Å². The molecule has 3 aromatic rings. The van der Waals surface area contributed by atoms with E-state index in [1.807, 2.05) is 16.7 Å². The number of aromatic nitrogens is 2. The second kappa shape index (κ2) is 9.11. The highest BCUT2D eigenvalue weighted by molar-refractivity contribution is 7.99. The quantitative estimate of drug-likeness (QED) is 0.225. The lowest BCUT2D eigenvalue weighted by Gasteiger charge is -2.33. The van der Waals surface area contributed by atoms with E-state index in [9.17, 15) is 4.79 Å². The first kappa shape index (κ1) is 22.6. The Bertz CT molecular complexity index is 1140. The van der Waals surface area contributed by atoms with Crippen LogP contribution >= 0.6 is 23.1 Å². The Morgan fingerprint density at radius 3 is 2.71 bits per heavy atom. The first-order chi connectivity index (χ1) is 14.8. The van der Waals surface area contributed by atoms with E-state index in [0.29, 0.717) is 11.3 Å². The molecule has 2 aromatic heterocycles. The molecule has 0 bridgehead atoms. The summed E-state index contributed by atoms with van der Waals surface area (Å²) in [4.78, 5) is 21.3. The monoisotopic (exact) mass is 454 g/mol. The van der Waals surface area contributed by atoms with Gasteiger partial charge in [-0.3, -0.25) is 9.36 Å². The van der Waals surface area contributed by atoms with Crippen molar-refractivity contribution in [1.82, 2.24) is 9.55 Å². The SMILES string of the molecule is CCCCCSc1nc2sc3c(c2c(=O)n1-c1ccccc1C)CC[C@H](C(C)(C)C)C3. The van der Waals surface area contributed by atoms with Gasteiger partial charge >= 0.3 is 0 Å². The van der Waals surface area contributed by atoms with Gasteiger partial charge in [0.15, 0.2) is 5.16 Å². The number of thiophene rings is 1. The fraction of sp³-hybridized carbons (Fsp3) is 0.538. The van der Waals surface area contributed by atoms with E-state index in [-0.39, 0.29) is 5.56 Å². The summed E-state index contributed by atoms with van der Waals surface area (Å²) in [5.74, 6) is 1.66. The number of benzene rings is 1. The third-order valence-electron chi connectivity index (χ3n) is 6.61. The summed E-state index contributed by atoms with van der Waals surface area (Å²) in [5.41, 5.74) is 3.75. The van der Waals surface area contributed by atoms with Crippen molar-refractivity contribution < 1.29 is 0 Å². The standard InChI is InChI=1S/C26H34N2OS2/c1-6-7-10-15-30-25-27-23-22(24(29)28(25)20-12-9-8-11-17(20)2)19-14-13-18(26(3,4)5)16-21(19)31-23/h8-9,11-12,18H,6-7,10,13-16H2,1-5H3/t18-/m0/s1. The number of hydrogen-bond acceptors (Lipinski definition) is 4. The van der Waals surface area contributed by atoms with Crippen molar-refractivity contribution in [3.8, 4) is 5.69 Å². The first-order valence-electron chi connectivity index (χ1n) is 11.6. The minimum Gasteiger partial charge on any atom is -0.268 e. The zero-order chi connectivity index (χ0) is 22.2. The lowest BCUT2D eigenvalue weighted by molar-refractivity contribution is 0.218. The maximum Gasteiger partial charge on any atom is 0.267 e. The highest BCUT2D eigenvalue weighted by atomic mass is 32.2. The molecule has 31 heavy (non-hydrogen) atoms. The minimum absolute atomic E-state index is 0.115. The average molecular weight is 455 g/mol. The Morgan fingerprint density at radius 1 is 1.23 bits per heavy atom. The summed E-state index contributed by atoms with van der Waals surface area (Å²) >= 11 is 3.49. The lowest BCUT2D eigenvalue weighted by Crippen LogP contribution is -2.27. The number of nitrogens with zero attached hydrogens (tertiary/aromatic N) is 2. The molecular formula is C26H34N2OS2. The van der Waals surface area contributed by atoms with Gasteiger partial charge in [0.2, 0.25) is 0 Å². The summed E-state index contributed by atoms with van der Waals surface area (Å²) in [6.45, 7) is 11.3. The minimum atomic E-state index is 0.115. The molecule has 166 valence electrons. The zero-order valence-corrected chi connectivity index (χ0v) is 21.1. The van der Waals surface area contributed by atoms with Crippen molar-refractivity contribution >= 4 is 33.3 Å². The van der Waals surface area contributed by atoms with Gasteiger partial charge in [-0.2, -0.15) is 0 Å². The summed E-state index contributed by atoms with van der Waals surface area (Å²) in [7, 11) is 0. The maximum atomic E-state index is 13.9. The van der Waals surface area contributed by atoms with E-state index in [4.69, 9.17) is 4.98 Å². The molecule has 0 amide bonds. The number of fused-ring (bicyclic) bond motifs is 3. The third kappa shape index (κ3) is 4.49. The van der Waals surface area contributed by atoms with Gasteiger partial charge in [-0.05, 0) is 61.1 Å². The smallest absolute Gasteiger partial charge is 0.267 e. The number of hydrogen-bond donors (Lipinski definition) is 0. The normalized spacial score (nSPS) is 16.6. The van der Waals surface area contributed by atoms with Crippen molar-refractivity contribution in [2.75, 3.05) is 5.75 Å². The number of aryl methyl sites for hydroxylation is 2. The predicted octanol–water partition coefficient (Wildman–Crippen LogP) is 7.19. The molecule has 3 nitrogen and oxygen atoms in total. The third-order valence-corrected chi connectivity index (χ3v) is 8.79. The van der Waals surface area contributed by atoms with Gasteiger partial charge in [-0.1, -0.05) is 70.5 Å². The van der Waals surface area contributed by atoms with Crippen molar-refractivity contribution in [3.05, 3.63) is 50.6 Å². The van der Waals surface area contributed by atoms with Crippen LogP contribution in [-0.2, 0) is 12.8 Å². The molecule has 0 N–H and O–H groups in total. The highest BCUT2D eigenvalue weighted by Gasteiger charge is 2.32. The molecule has 0 aliphatic heterocycles. The van der Waals surface area contributed by atoms with Crippen LogP contribution in [0.15, 0.2) is 34.2 Å². The lowest BCUT2D eigenvalue weighted by atomic mass is 9.72. The van der Waals surface area contributed by atoms with E-state index in [0.717, 1.165) is 58.1 Å². The summed E-state index contributed by atoms with van der Waals surface area (Å²) in [6, 6.07) is 8.17. The average Bonchev–Trinajstić information content (AvgIpc) is 3.09. The molecule has 1 aliphatic carbocycles. The van der Waals surface area contributed by atoms with Crippen molar-refractivity contribution in [1.29, 1.82) is 0 Å². The first-order valence-corrected chi connectivity index (χ1v) is 13.4. The Kier molecular flexibility index (Phi) is 6.64. The second-order valence-electron chi connectivity index (χ2n) is 9.87. The molecule has 0 unspecified atom stereocenters. The molecule has 1 atom stereocenters. The molecule has 0 radical (unpaired) electrons. The van der Waals surface area contributed by atoms with Crippen LogP contribution < -0.4 is 5.56 Å². The summed E-state index contributed by atoms with van der Waals surface area (Å²) < 4.78 is 1.89. The van der Waals surface area contributed by atoms with Crippen LogP contribution in [0.1, 0.15) is 69.4 Å². The second-order valence-corrected chi connectivity index (χ2v) is 12.0. The molecule has 0 saturated carbocycles. The van der Waals surface area contributed by atoms with Gasteiger partial charge in [0.25, 0.3) is 5.56 Å². The molecule has 1 aromatic carbocycles. The summed E-state index contributed by atoms with van der Waals surface area (Å²) in [5, 5.41) is 1.71. The summed E-state index contributed by atoms with van der Waals surface area (Å²) in [6.07, 6.45) is 6.78. The van der Waals surface area contributed by atoms with Crippen LogP contribution in [0.2, 0.25) is 0 Å². The Hall–Kier alpha value is -1.59. The van der Waals surface area contributed by atoms with E-state index in [1.165, 1.54) is 23.3 Å². The van der Waals surface area contributed by atoms with E-state index >= 15 is 0 Å². The van der Waals surface area contributed by atoms with Crippen LogP contribution in [0.3, 0.4) is 0 Å². The predicted molar refractivity (Wildman–Crippen MR) is 135 cm³/mol. The van der Waals surface area contributed by atoms with Crippen LogP contribution in [0.5, 0.6) is 0 Å². The molecule has 0 spiro atoms. The van der Waals surface area contributed by atoms with Gasteiger partial charge in [0.05, 0.1) is 11.1 Å². The largest absolute Gasteiger partial charge is 0.268 e. The molecule has 1 aliphatic rings. The molecule has 0 saturated heterocycles. The Morgan fingerprint density at radius 2 is 2.00 bits per heavy atom. The Labute approximate surface area is 194 Å². The molecule has 4 rings (SSSR count). The van der Waals surface area contributed by atoms with E-state index in [2.05, 4.69) is 46.8 Å². The van der Waals surface area contributed by atoms with Crippen molar-refractivity contribution in [2.24, 2.45) is 11.3 Å². The molecule has 2 heterocycles. The molecule has 5 heteroatoms. The van der Waals surface area contributed by atoms with Gasteiger partial charge in [0, 0.05) is 10.6 Å². The number of rotatable bonds is 6. The van der Waals surface area contributed by atoms with Crippen LogP contribution in [0, 0.1) is 18.3 Å². The number of thioether (sulfide) groups is 1. The maximum absolute atomic E-state index is 13.9. The topological polar surface area (TPSA) is 34.9 Å². The number of para-hydroxylation sites is 1. The van der Waals surface area contributed by atoms with Crippen molar-refractivity contribution in [3.63, 3.8) is 0 Å². The van der Waals surface area contributed by atoms with Crippen LogP contribution in [0.4, 0.5) is 0 Å². The van der Waals surface area contributed by atoms with Crippen LogP contribution in [0.25, 0.3) is 15.9 Å². The highest BCUT2D eigenvalue weighted by Crippen LogP contribution is 2.42. The van der Waals surface area contributed by atoms with Gasteiger partial charge in [-0.25, -0.2) is 4.98 Å². The number of unbranched alkanes of at least 4 members (excludes halogenated alkanes) is 2. The fourth-order valence-electron chi connectivity index (χ4n) is 4.58. The van der Waals surface area contributed by atoms with Crippen LogP contribution in [-0.4, -0.2) is 15.3 Å². The zero-order valence-electron chi connectivity index (χ0n) is 19.5. The van der Waals surface area contributed by atoms with Gasteiger partial charge < -0.3 is 0 Å². The molecule has 0 fully saturated rings.